The highest BCUT2D eigenvalue weighted by molar-refractivity contribution is 6.32. The van der Waals surface area contributed by atoms with Crippen molar-refractivity contribution in [3.63, 3.8) is 0 Å². The number of hydrogen-bond donors (Lipinski definition) is 1. The molecule has 4 amide bonds. The second-order valence-corrected chi connectivity index (χ2v) is 15.7. The number of allylic oxidation sites excluding steroid dienone is 2. The van der Waals surface area contributed by atoms with Gasteiger partial charge in [0, 0.05) is 36.6 Å². The lowest BCUT2D eigenvalue weighted by atomic mass is 9.49. The number of phenols is 1. The van der Waals surface area contributed by atoms with Crippen LogP contribution in [0.4, 0.5) is 5.69 Å². The summed E-state index contributed by atoms with van der Waals surface area (Å²) in [6, 6.07) is 33.2. The maximum Gasteiger partial charge on any atom is 0.246 e. The van der Waals surface area contributed by atoms with E-state index in [0.717, 1.165) is 30.8 Å². The summed E-state index contributed by atoms with van der Waals surface area (Å²) in [5.74, 6) is -3.90. The lowest BCUT2D eigenvalue weighted by molar-refractivity contribution is -0.144. The Labute approximate surface area is 313 Å². The Morgan fingerprint density at radius 1 is 0.755 bits per heavy atom. The molecular weight excluding hydrogens is 686 g/mol. The van der Waals surface area contributed by atoms with Crippen LogP contribution < -0.4 is 4.90 Å². The number of rotatable bonds is 6. The van der Waals surface area contributed by atoms with E-state index in [4.69, 9.17) is 11.6 Å². The molecule has 6 atom stereocenters. The van der Waals surface area contributed by atoms with E-state index in [1.807, 2.05) is 60.7 Å². The first-order valence-electron chi connectivity index (χ1n) is 18.6. The number of piperidine rings is 1. The number of hydrogen-bond acceptors (Lipinski definition) is 6. The molecule has 0 unspecified atom stereocenters. The number of aromatic hydroxyl groups is 1. The number of phenolic OH excluding ortho intramolecular Hbond substituents is 1. The lowest BCUT2D eigenvalue weighted by Gasteiger charge is -2.50. The summed E-state index contributed by atoms with van der Waals surface area (Å²) < 4.78 is 0. The average molecular weight is 726 g/mol. The van der Waals surface area contributed by atoms with E-state index in [0.29, 0.717) is 35.5 Å². The fourth-order valence-electron chi connectivity index (χ4n) is 10.3. The zero-order valence-corrected chi connectivity index (χ0v) is 29.9. The van der Waals surface area contributed by atoms with Gasteiger partial charge in [-0.15, -0.1) is 0 Å². The van der Waals surface area contributed by atoms with Gasteiger partial charge in [-0.05, 0) is 78.6 Å². The van der Waals surface area contributed by atoms with Gasteiger partial charge in [0.15, 0.2) is 0 Å². The van der Waals surface area contributed by atoms with Gasteiger partial charge >= 0.3 is 0 Å². The molecule has 4 aromatic rings. The van der Waals surface area contributed by atoms with E-state index < -0.39 is 35.0 Å². The fraction of sp³-hybridized carbons (Fsp3) is 0.318. The Bertz CT molecular complexity index is 2130. The maximum absolute atomic E-state index is 15.3. The molecule has 2 aliphatic carbocycles. The smallest absolute Gasteiger partial charge is 0.246 e. The minimum absolute atomic E-state index is 0.0838. The number of likely N-dealkylation sites (tertiary alicyclic amines) is 2. The van der Waals surface area contributed by atoms with Crippen molar-refractivity contribution in [3.05, 3.63) is 143 Å². The van der Waals surface area contributed by atoms with Gasteiger partial charge in [-0.1, -0.05) is 102 Å². The number of fused-ring (bicyclic) bond motifs is 4. The van der Waals surface area contributed by atoms with Crippen LogP contribution >= 0.6 is 11.6 Å². The minimum atomic E-state index is -1.34. The summed E-state index contributed by atoms with van der Waals surface area (Å²) in [4.78, 5) is 64.4. The molecule has 268 valence electrons. The van der Waals surface area contributed by atoms with E-state index in [-0.39, 0.29) is 41.8 Å². The number of anilines is 1. The summed E-state index contributed by atoms with van der Waals surface area (Å²) in [7, 11) is 0. The quantitative estimate of drug-likeness (QED) is 0.172. The van der Waals surface area contributed by atoms with Gasteiger partial charge in [-0.25, -0.2) is 4.90 Å². The molecule has 3 aliphatic heterocycles. The van der Waals surface area contributed by atoms with Crippen LogP contribution in [-0.2, 0) is 31.1 Å². The molecule has 5 aliphatic rings. The van der Waals surface area contributed by atoms with Gasteiger partial charge in [0.1, 0.15) is 5.75 Å². The summed E-state index contributed by atoms with van der Waals surface area (Å²) in [6.07, 6.45) is 4.15. The molecule has 0 spiro atoms. The van der Waals surface area contributed by atoms with Crippen molar-refractivity contribution in [2.75, 3.05) is 18.0 Å². The molecular formula is C44H40ClN3O5. The maximum atomic E-state index is 15.3. The van der Waals surface area contributed by atoms with Crippen LogP contribution in [0.1, 0.15) is 48.3 Å². The summed E-state index contributed by atoms with van der Waals surface area (Å²) in [5.41, 5.74) is 2.68. The first-order chi connectivity index (χ1) is 25.8. The van der Waals surface area contributed by atoms with Crippen LogP contribution in [0.2, 0.25) is 5.02 Å². The Morgan fingerprint density at radius 2 is 1.45 bits per heavy atom. The Balaban J connectivity index is 1.11. The molecule has 4 fully saturated rings. The highest BCUT2D eigenvalue weighted by Gasteiger charge is 2.70. The second-order valence-electron chi connectivity index (χ2n) is 15.2. The van der Waals surface area contributed by atoms with E-state index in [1.165, 1.54) is 10.5 Å². The number of nitrogens with zero attached hydrogens (tertiary/aromatic N) is 3. The minimum Gasteiger partial charge on any atom is -0.508 e. The second kappa shape index (κ2) is 13.1. The normalized spacial score (nSPS) is 28.8. The van der Waals surface area contributed by atoms with Gasteiger partial charge in [0.25, 0.3) is 0 Å². The summed E-state index contributed by atoms with van der Waals surface area (Å²) in [5, 5.41) is 10.8. The molecule has 0 radical (unpaired) electrons. The number of benzene rings is 4. The van der Waals surface area contributed by atoms with Gasteiger partial charge in [0.05, 0.1) is 28.9 Å². The van der Waals surface area contributed by atoms with Crippen molar-refractivity contribution < 1.29 is 24.3 Å². The van der Waals surface area contributed by atoms with Crippen molar-refractivity contribution in [3.8, 4) is 5.75 Å². The predicted octanol–water partition coefficient (Wildman–Crippen LogP) is 6.87. The SMILES string of the molecule is O=C1[C@@H]2C[C@@H]3C(=CC[C@@H]4C(=O)N(C5CCN(Cc6ccccc6)CC5)C(=O)[C@@H]43)[C@H](c3ccc(O)cc3)[C@]2(c2ccccc2)C(=O)N1c1cccc(Cl)c1. The van der Waals surface area contributed by atoms with Crippen molar-refractivity contribution >= 4 is 40.9 Å². The van der Waals surface area contributed by atoms with Crippen LogP contribution in [0.5, 0.6) is 5.75 Å². The molecule has 3 saturated heterocycles. The van der Waals surface area contributed by atoms with E-state index in [2.05, 4.69) is 23.1 Å². The van der Waals surface area contributed by atoms with Crippen molar-refractivity contribution in [1.82, 2.24) is 9.80 Å². The number of halogens is 1. The molecule has 4 aromatic carbocycles. The first-order valence-corrected chi connectivity index (χ1v) is 19.0. The molecule has 9 heteroatoms. The number of imide groups is 2. The van der Waals surface area contributed by atoms with Crippen LogP contribution in [0.25, 0.3) is 0 Å². The number of carbonyl (C=O) groups is 4. The van der Waals surface area contributed by atoms with Gasteiger partial charge in [-0.2, -0.15) is 0 Å². The Kier molecular flexibility index (Phi) is 8.35. The molecule has 0 bridgehead atoms. The average Bonchev–Trinajstić information content (AvgIpc) is 3.57. The lowest BCUT2D eigenvalue weighted by Crippen LogP contribution is -2.53. The highest BCUT2D eigenvalue weighted by atomic mass is 35.5. The van der Waals surface area contributed by atoms with E-state index in [1.54, 1.807) is 41.3 Å². The molecule has 1 N–H and O–H groups in total. The third-order valence-electron chi connectivity index (χ3n) is 12.6. The fourth-order valence-corrected chi connectivity index (χ4v) is 10.5. The summed E-state index contributed by atoms with van der Waals surface area (Å²) in [6.45, 7) is 2.41. The zero-order valence-electron chi connectivity index (χ0n) is 29.2. The monoisotopic (exact) mass is 725 g/mol. The summed E-state index contributed by atoms with van der Waals surface area (Å²) >= 11 is 6.42. The molecule has 1 saturated carbocycles. The van der Waals surface area contributed by atoms with E-state index >= 15 is 4.79 Å². The Morgan fingerprint density at radius 3 is 2.15 bits per heavy atom. The predicted molar refractivity (Wildman–Crippen MR) is 201 cm³/mol. The van der Waals surface area contributed by atoms with Gasteiger partial charge in [0.2, 0.25) is 23.6 Å². The molecule has 8 nitrogen and oxygen atoms in total. The standard InChI is InChI=1S/C44H40ClN3O5/c45-30-12-7-13-32(24-30)48-41(51)37-25-36-34(39(28-14-16-33(49)17-15-28)44(37,43(48)53)29-10-5-2-6-11-29)18-19-35-38(36)42(52)47(40(35)50)31-20-22-46(23-21-31)26-27-8-3-1-4-9-27/h1-18,24,31,35-39,49H,19-23,25-26H2/t35-,36+,37-,38-,39-,44+/m0/s1. The van der Waals surface area contributed by atoms with Crippen molar-refractivity contribution in [2.45, 2.75) is 49.6 Å². The van der Waals surface area contributed by atoms with Gasteiger partial charge in [-0.3, -0.25) is 29.0 Å². The highest BCUT2D eigenvalue weighted by Crippen LogP contribution is 2.64. The topological polar surface area (TPSA) is 98.2 Å². The first kappa shape index (κ1) is 33.8. The van der Waals surface area contributed by atoms with Crippen LogP contribution in [0.15, 0.2) is 121 Å². The zero-order chi connectivity index (χ0) is 36.4. The van der Waals surface area contributed by atoms with Crippen molar-refractivity contribution in [1.29, 1.82) is 0 Å². The molecule has 0 aromatic heterocycles. The van der Waals surface area contributed by atoms with E-state index in [9.17, 15) is 19.5 Å². The van der Waals surface area contributed by atoms with Crippen molar-refractivity contribution in [2.24, 2.45) is 23.7 Å². The Hall–Kier alpha value is -5.05. The van der Waals surface area contributed by atoms with Gasteiger partial charge < -0.3 is 5.11 Å². The number of amides is 4. The molecule has 9 rings (SSSR count). The van der Waals surface area contributed by atoms with Crippen LogP contribution in [0.3, 0.4) is 0 Å². The molecule has 53 heavy (non-hydrogen) atoms. The largest absolute Gasteiger partial charge is 0.508 e. The van der Waals surface area contributed by atoms with Crippen LogP contribution in [-0.4, -0.2) is 57.7 Å². The van der Waals surface area contributed by atoms with Crippen LogP contribution in [0, 0.1) is 23.7 Å². The number of carbonyl (C=O) groups excluding carboxylic acids is 4. The third kappa shape index (κ3) is 5.29. The third-order valence-corrected chi connectivity index (χ3v) is 12.8. The molecule has 3 heterocycles.